The van der Waals surface area contributed by atoms with Crippen molar-refractivity contribution in [3.63, 3.8) is 0 Å². The number of halogens is 3. The topological polar surface area (TPSA) is 30.0 Å². The highest BCUT2D eigenvalue weighted by Crippen LogP contribution is 2.26. The lowest BCUT2D eigenvalue weighted by Gasteiger charge is -2.06. The monoisotopic (exact) mass is 251 g/mol. The molecule has 0 aliphatic rings. The molecular formula is C13H8F3NO. The summed E-state index contributed by atoms with van der Waals surface area (Å²) in [5.74, 6) is -3.15. The highest BCUT2D eigenvalue weighted by Gasteiger charge is 2.17. The second-order valence-electron chi connectivity index (χ2n) is 3.68. The summed E-state index contributed by atoms with van der Waals surface area (Å²) in [4.78, 5) is 14.8. The number of pyridine rings is 1. The number of aromatic nitrogens is 1. The fourth-order valence-corrected chi connectivity index (χ4v) is 1.54. The number of carbonyl (C=O) groups excluding carboxylic acids is 1. The predicted octanol–water partition coefficient (Wildman–Crippen LogP) is 3.37. The van der Waals surface area contributed by atoms with Crippen LogP contribution in [0, 0.1) is 17.5 Å². The maximum absolute atomic E-state index is 13.6. The van der Waals surface area contributed by atoms with Gasteiger partial charge in [-0.1, -0.05) is 6.07 Å². The molecule has 1 aromatic heterocycles. The van der Waals surface area contributed by atoms with Crippen LogP contribution in [0.1, 0.15) is 17.4 Å². The van der Waals surface area contributed by atoms with E-state index in [1.165, 1.54) is 19.1 Å². The third-order valence-electron chi connectivity index (χ3n) is 2.41. The van der Waals surface area contributed by atoms with E-state index in [0.717, 1.165) is 18.2 Å². The van der Waals surface area contributed by atoms with Crippen LogP contribution in [0.25, 0.3) is 11.3 Å². The van der Waals surface area contributed by atoms with Crippen LogP contribution < -0.4 is 0 Å². The van der Waals surface area contributed by atoms with Gasteiger partial charge in [0, 0.05) is 6.92 Å². The van der Waals surface area contributed by atoms with Gasteiger partial charge >= 0.3 is 0 Å². The van der Waals surface area contributed by atoms with Crippen molar-refractivity contribution in [1.82, 2.24) is 4.98 Å². The first kappa shape index (κ1) is 12.3. The van der Waals surface area contributed by atoms with Gasteiger partial charge in [-0.15, -0.1) is 0 Å². The van der Waals surface area contributed by atoms with Crippen molar-refractivity contribution in [2.45, 2.75) is 6.92 Å². The van der Waals surface area contributed by atoms with Crippen molar-refractivity contribution < 1.29 is 18.0 Å². The second kappa shape index (κ2) is 4.60. The number of rotatable bonds is 2. The van der Waals surface area contributed by atoms with Gasteiger partial charge in [0.25, 0.3) is 0 Å². The first-order valence-electron chi connectivity index (χ1n) is 5.12. The van der Waals surface area contributed by atoms with Gasteiger partial charge in [0.2, 0.25) is 0 Å². The first-order chi connectivity index (χ1) is 8.50. The number of Topliss-reactive ketones (excluding diaryl/α,β-unsaturated/α-hetero) is 1. The van der Waals surface area contributed by atoms with E-state index in [1.807, 2.05) is 0 Å². The summed E-state index contributed by atoms with van der Waals surface area (Å²) in [6.07, 6.45) is 0. The maximum atomic E-state index is 13.6. The Morgan fingerprint density at radius 3 is 2.17 bits per heavy atom. The average Bonchev–Trinajstić information content (AvgIpc) is 2.30. The summed E-state index contributed by atoms with van der Waals surface area (Å²) in [6, 6.07) is 5.30. The number of hydrogen-bond donors (Lipinski definition) is 0. The molecule has 0 bridgehead atoms. The van der Waals surface area contributed by atoms with Gasteiger partial charge in [0.05, 0.1) is 5.56 Å². The van der Waals surface area contributed by atoms with Crippen molar-refractivity contribution in [3.05, 3.63) is 53.5 Å². The lowest BCUT2D eigenvalue weighted by molar-refractivity contribution is 0.101. The van der Waals surface area contributed by atoms with E-state index in [-0.39, 0.29) is 5.69 Å². The highest BCUT2D eigenvalue weighted by atomic mass is 19.1. The van der Waals surface area contributed by atoms with Crippen LogP contribution in [0.4, 0.5) is 13.2 Å². The SMILES string of the molecule is CC(=O)c1ccc(F)c(-c2c(F)cccc2F)n1. The molecule has 92 valence electrons. The van der Waals surface area contributed by atoms with E-state index in [4.69, 9.17) is 0 Å². The molecule has 1 aromatic carbocycles. The first-order valence-corrected chi connectivity index (χ1v) is 5.12. The fraction of sp³-hybridized carbons (Fsp3) is 0.0769. The quantitative estimate of drug-likeness (QED) is 0.766. The molecule has 0 spiro atoms. The van der Waals surface area contributed by atoms with Crippen molar-refractivity contribution in [2.24, 2.45) is 0 Å². The van der Waals surface area contributed by atoms with E-state index in [0.29, 0.717) is 0 Å². The van der Waals surface area contributed by atoms with E-state index in [9.17, 15) is 18.0 Å². The summed E-state index contributed by atoms with van der Waals surface area (Å²) in [6.45, 7) is 1.24. The number of nitrogens with zero attached hydrogens (tertiary/aromatic N) is 1. The maximum Gasteiger partial charge on any atom is 0.178 e. The molecule has 0 unspecified atom stereocenters. The molecule has 2 nitrogen and oxygen atoms in total. The third kappa shape index (κ3) is 2.11. The summed E-state index contributed by atoms with van der Waals surface area (Å²) in [5.41, 5.74) is -1.12. The van der Waals surface area contributed by atoms with Gasteiger partial charge in [-0.2, -0.15) is 0 Å². The molecule has 1 heterocycles. The number of hydrogen-bond acceptors (Lipinski definition) is 2. The molecule has 0 amide bonds. The Morgan fingerprint density at radius 2 is 1.61 bits per heavy atom. The number of ketones is 1. The minimum absolute atomic E-state index is 0.0472. The largest absolute Gasteiger partial charge is 0.293 e. The van der Waals surface area contributed by atoms with Gasteiger partial charge in [0.1, 0.15) is 28.8 Å². The normalized spacial score (nSPS) is 10.4. The molecule has 0 atom stereocenters. The van der Waals surface area contributed by atoms with Gasteiger partial charge in [0.15, 0.2) is 5.78 Å². The zero-order valence-electron chi connectivity index (χ0n) is 9.38. The summed E-state index contributed by atoms with van der Waals surface area (Å²) >= 11 is 0. The Hall–Kier alpha value is -2.17. The van der Waals surface area contributed by atoms with Gasteiger partial charge < -0.3 is 0 Å². The van der Waals surface area contributed by atoms with Crippen LogP contribution in [0.3, 0.4) is 0 Å². The summed E-state index contributed by atoms with van der Waals surface area (Å²) < 4.78 is 40.6. The lowest BCUT2D eigenvalue weighted by Crippen LogP contribution is -2.02. The number of benzene rings is 1. The third-order valence-corrected chi connectivity index (χ3v) is 2.41. The van der Waals surface area contributed by atoms with Gasteiger partial charge in [-0.25, -0.2) is 18.2 Å². The smallest absolute Gasteiger partial charge is 0.178 e. The Bertz CT molecular complexity index is 605. The Kier molecular flexibility index (Phi) is 3.14. The minimum Gasteiger partial charge on any atom is -0.293 e. The van der Waals surface area contributed by atoms with Gasteiger partial charge in [-0.3, -0.25) is 4.79 Å². The molecule has 0 aliphatic heterocycles. The fourth-order valence-electron chi connectivity index (χ4n) is 1.54. The molecule has 2 rings (SSSR count). The second-order valence-corrected chi connectivity index (χ2v) is 3.68. The standard InChI is InChI=1S/C13H8F3NO/c1-7(18)11-6-5-10(16)13(17-11)12-8(14)3-2-4-9(12)15/h2-6H,1H3. The van der Waals surface area contributed by atoms with Crippen molar-refractivity contribution >= 4 is 5.78 Å². The molecule has 0 N–H and O–H groups in total. The molecule has 0 fully saturated rings. The van der Waals surface area contributed by atoms with Crippen LogP contribution in [0.15, 0.2) is 30.3 Å². The predicted molar refractivity (Wildman–Crippen MR) is 59.6 cm³/mol. The van der Waals surface area contributed by atoms with E-state index < -0.39 is 34.5 Å². The van der Waals surface area contributed by atoms with Crippen molar-refractivity contribution in [2.75, 3.05) is 0 Å². The molecule has 0 saturated carbocycles. The molecule has 18 heavy (non-hydrogen) atoms. The van der Waals surface area contributed by atoms with Crippen molar-refractivity contribution in [1.29, 1.82) is 0 Å². The molecule has 2 aromatic rings. The molecular weight excluding hydrogens is 243 g/mol. The van der Waals surface area contributed by atoms with Crippen LogP contribution in [0.2, 0.25) is 0 Å². The zero-order valence-corrected chi connectivity index (χ0v) is 9.38. The van der Waals surface area contributed by atoms with Crippen molar-refractivity contribution in [3.8, 4) is 11.3 Å². The highest BCUT2D eigenvalue weighted by molar-refractivity contribution is 5.92. The van der Waals surface area contributed by atoms with Crippen LogP contribution in [-0.2, 0) is 0 Å². The summed E-state index contributed by atoms with van der Waals surface area (Å²) in [5, 5.41) is 0. The minimum atomic E-state index is -0.929. The number of carbonyl (C=O) groups is 1. The molecule has 0 radical (unpaired) electrons. The summed E-state index contributed by atoms with van der Waals surface area (Å²) in [7, 11) is 0. The molecule has 0 aliphatic carbocycles. The molecule has 5 heteroatoms. The van der Waals surface area contributed by atoms with Crippen LogP contribution in [-0.4, -0.2) is 10.8 Å². The average molecular weight is 251 g/mol. The van der Waals surface area contributed by atoms with Crippen LogP contribution in [0.5, 0.6) is 0 Å². The van der Waals surface area contributed by atoms with E-state index in [1.54, 1.807) is 0 Å². The van der Waals surface area contributed by atoms with E-state index in [2.05, 4.69) is 4.98 Å². The van der Waals surface area contributed by atoms with Gasteiger partial charge in [-0.05, 0) is 24.3 Å². The Balaban J connectivity index is 2.70. The Labute approximate surface area is 101 Å². The zero-order chi connectivity index (χ0) is 13.3. The lowest BCUT2D eigenvalue weighted by atomic mass is 10.1. The Morgan fingerprint density at radius 1 is 1.00 bits per heavy atom. The van der Waals surface area contributed by atoms with Crippen LogP contribution >= 0.6 is 0 Å². The molecule has 0 saturated heterocycles. The van der Waals surface area contributed by atoms with E-state index >= 15 is 0 Å².